The number of hydrogen-bond acceptors (Lipinski definition) is 3. The largest absolute Gasteiger partial charge is 0.389 e. The summed E-state index contributed by atoms with van der Waals surface area (Å²) in [5, 5.41) is 0. The molecule has 0 bridgehead atoms. The van der Waals surface area contributed by atoms with Crippen LogP contribution in [0.15, 0.2) is 6.07 Å². The number of pyridine rings is 1. The lowest BCUT2D eigenvalue weighted by Gasteiger charge is -2.38. The van der Waals surface area contributed by atoms with Gasteiger partial charge in [0.25, 0.3) is 0 Å². The van der Waals surface area contributed by atoms with Gasteiger partial charge < -0.3 is 10.6 Å². The lowest BCUT2D eigenvalue weighted by atomic mass is 9.84. The molecule has 2 unspecified atom stereocenters. The molecule has 1 saturated carbocycles. The van der Waals surface area contributed by atoms with E-state index in [2.05, 4.69) is 29.9 Å². The van der Waals surface area contributed by atoms with Crippen LogP contribution in [0.25, 0.3) is 0 Å². The Hall–Kier alpha value is -1.16. The molecule has 0 spiro atoms. The summed E-state index contributed by atoms with van der Waals surface area (Å²) in [6.07, 6.45) is 5.21. The average Bonchev–Trinajstić information content (AvgIpc) is 2.37. The maximum atomic E-state index is 5.93. The van der Waals surface area contributed by atoms with E-state index in [0.29, 0.717) is 16.9 Å². The molecule has 0 radical (unpaired) electrons. The fourth-order valence-corrected chi connectivity index (χ4v) is 3.69. The maximum absolute atomic E-state index is 5.93. The summed E-state index contributed by atoms with van der Waals surface area (Å²) in [4.78, 5) is 7.33. The van der Waals surface area contributed by atoms with Crippen LogP contribution in [-0.4, -0.2) is 23.1 Å². The second-order valence-corrected chi connectivity index (χ2v) is 6.49. The van der Waals surface area contributed by atoms with Crippen LogP contribution >= 0.6 is 12.2 Å². The lowest BCUT2D eigenvalue weighted by molar-refractivity contribution is 0.321. The number of thiocarbonyl (C=S) groups is 1. The molecule has 2 rings (SSSR count). The van der Waals surface area contributed by atoms with Gasteiger partial charge >= 0.3 is 0 Å². The zero-order valence-corrected chi connectivity index (χ0v) is 13.8. The molecule has 0 saturated heterocycles. The van der Waals surface area contributed by atoms with Gasteiger partial charge in [-0.3, -0.25) is 4.98 Å². The minimum absolute atomic E-state index is 0.445. The van der Waals surface area contributed by atoms with Gasteiger partial charge in [0.1, 0.15) is 4.99 Å². The molecule has 0 aromatic carbocycles. The van der Waals surface area contributed by atoms with Crippen molar-refractivity contribution in [2.75, 3.05) is 11.9 Å². The highest BCUT2D eigenvalue weighted by Crippen LogP contribution is 2.33. The van der Waals surface area contributed by atoms with Crippen molar-refractivity contribution in [1.82, 2.24) is 4.98 Å². The van der Waals surface area contributed by atoms with E-state index in [1.807, 2.05) is 13.8 Å². The molecule has 2 atom stereocenters. The van der Waals surface area contributed by atoms with Gasteiger partial charge in [0.15, 0.2) is 0 Å². The maximum Gasteiger partial charge on any atom is 0.107 e. The molecule has 1 aliphatic carbocycles. The van der Waals surface area contributed by atoms with Crippen LogP contribution in [0.4, 0.5) is 5.69 Å². The summed E-state index contributed by atoms with van der Waals surface area (Å²) in [6.45, 7) is 6.36. The van der Waals surface area contributed by atoms with Gasteiger partial charge in [-0.2, -0.15) is 0 Å². The van der Waals surface area contributed by atoms with E-state index in [9.17, 15) is 0 Å². The molecule has 1 heterocycles. The minimum Gasteiger partial charge on any atom is -0.389 e. The Morgan fingerprint density at radius 3 is 2.60 bits per heavy atom. The first-order valence-corrected chi connectivity index (χ1v) is 7.83. The Morgan fingerprint density at radius 2 is 2.00 bits per heavy atom. The van der Waals surface area contributed by atoms with Gasteiger partial charge in [0.05, 0.1) is 11.3 Å². The third-order valence-corrected chi connectivity index (χ3v) is 4.70. The molecule has 2 N–H and O–H groups in total. The molecule has 4 heteroatoms. The number of rotatable bonds is 3. The third-order valence-electron chi connectivity index (χ3n) is 4.50. The van der Waals surface area contributed by atoms with E-state index < -0.39 is 0 Å². The number of aromatic nitrogens is 1. The van der Waals surface area contributed by atoms with Gasteiger partial charge in [-0.1, -0.05) is 32.0 Å². The van der Waals surface area contributed by atoms with Crippen LogP contribution in [0.3, 0.4) is 0 Å². The standard InChI is InChI=1S/C16H25N3S/c1-10-7-5-6-8-13(10)19(4)14-9-11(2)18-12(3)15(14)16(17)20/h9-10,13H,5-8H2,1-4H3,(H2,17,20). The molecule has 20 heavy (non-hydrogen) atoms. The van der Waals surface area contributed by atoms with Crippen LogP contribution in [-0.2, 0) is 0 Å². The second-order valence-electron chi connectivity index (χ2n) is 6.05. The molecule has 1 fully saturated rings. The number of hydrogen-bond donors (Lipinski definition) is 1. The number of anilines is 1. The zero-order chi connectivity index (χ0) is 14.9. The lowest BCUT2D eigenvalue weighted by Crippen LogP contribution is -2.40. The molecule has 1 aromatic heterocycles. The highest BCUT2D eigenvalue weighted by atomic mass is 32.1. The van der Waals surface area contributed by atoms with E-state index in [-0.39, 0.29) is 0 Å². The van der Waals surface area contributed by atoms with Crippen molar-refractivity contribution >= 4 is 22.9 Å². The molecule has 1 aromatic rings. The molecule has 0 amide bonds. The Morgan fingerprint density at radius 1 is 1.35 bits per heavy atom. The van der Waals surface area contributed by atoms with Crippen molar-refractivity contribution < 1.29 is 0 Å². The van der Waals surface area contributed by atoms with Crippen molar-refractivity contribution in [2.45, 2.75) is 52.5 Å². The highest BCUT2D eigenvalue weighted by molar-refractivity contribution is 7.80. The second kappa shape index (κ2) is 6.08. The monoisotopic (exact) mass is 291 g/mol. The Labute approximate surface area is 127 Å². The van der Waals surface area contributed by atoms with Gasteiger partial charge in [0, 0.05) is 24.5 Å². The minimum atomic E-state index is 0.445. The first-order valence-electron chi connectivity index (χ1n) is 7.42. The zero-order valence-electron chi connectivity index (χ0n) is 12.9. The summed E-state index contributed by atoms with van der Waals surface area (Å²) < 4.78 is 0. The quantitative estimate of drug-likeness (QED) is 0.867. The number of nitrogens with zero attached hydrogens (tertiary/aromatic N) is 2. The van der Waals surface area contributed by atoms with Crippen molar-refractivity contribution in [2.24, 2.45) is 11.7 Å². The third kappa shape index (κ3) is 2.95. The summed E-state index contributed by atoms with van der Waals surface area (Å²) in [5.41, 5.74) is 9.96. The summed E-state index contributed by atoms with van der Waals surface area (Å²) in [7, 11) is 2.17. The highest BCUT2D eigenvalue weighted by Gasteiger charge is 2.27. The Kier molecular flexibility index (Phi) is 4.63. The topological polar surface area (TPSA) is 42.1 Å². The van der Waals surface area contributed by atoms with Gasteiger partial charge in [-0.15, -0.1) is 0 Å². The van der Waals surface area contributed by atoms with E-state index in [0.717, 1.165) is 22.6 Å². The molecule has 110 valence electrons. The predicted molar refractivity (Wildman–Crippen MR) is 89.4 cm³/mol. The molecular weight excluding hydrogens is 266 g/mol. The summed E-state index contributed by atoms with van der Waals surface area (Å²) in [6, 6.07) is 2.68. The normalized spacial score (nSPS) is 22.6. The predicted octanol–water partition coefficient (Wildman–Crippen LogP) is 3.35. The SMILES string of the molecule is Cc1cc(N(C)C2CCCCC2C)c(C(N)=S)c(C)n1. The molecular formula is C16H25N3S. The smallest absolute Gasteiger partial charge is 0.107 e. The molecule has 1 aliphatic rings. The van der Waals surface area contributed by atoms with Crippen molar-refractivity contribution in [1.29, 1.82) is 0 Å². The first-order chi connectivity index (χ1) is 9.41. The first kappa shape index (κ1) is 15.2. The van der Waals surface area contributed by atoms with Crippen molar-refractivity contribution in [3.63, 3.8) is 0 Å². The van der Waals surface area contributed by atoms with Crippen molar-refractivity contribution in [3.8, 4) is 0 Å². The molecule has 3 nitrogen and oxygen atoms in total. The number of nitrogens with two attached hydrogens (primary N) is 1. The molecule has 0 aliphatic heterocycles. The van der Waals surface area contributed by atoms with Crippen LogP contribution in [0.1, 0.15) is 49.6 Å². The fourth-order valence-electron chi connectivity index (χ4n) is 3.44. The van der Waals surface area contributed by atoms with E-state index in [4.69, 9.17) is 18.0 Å². The van der Waals surface area contributed by atoms with E-state index >= 15 is 0 Å². The fraction of sp³-hybridized carbons (Fsp3) is 0.625. The number of aryl methyl sites for hydroxylation is 2. The van der Waals surface area contributed by atoms with E-state index in [1.165, 1.54) is 25.7 Å². The Bertz CT molecular complexity index is 513. The average molecular weight is 291 g/mol. The van der Waals surface area contributed by atoms with Crippen LogP contribution in [0, 0.1) is 19.8 Å². The van der Waals surface area contributed by atoms with Crippen LogP contribution in [0.5, 0.6) is 0 Å². The Balaban J connectivity index is 2.42. The van der Waals surface area contributed by atoms with E-state index in [1.54, 1.807) is 0 Å². The van der Waals surface area contributed by atoms with Crippen molar-refractivity contribution in [3.05, 3.63) is 23.0 Å². The van der Waals surface area contributed by atoms with Gasteiger partial charge in [-0.05, 0) is 38.7 Å². The van der Waals surface area contributed by atoms with Crippen LogP contribution < -0.4 is 10.6 Å². The van der Waals surface area contributed by atoms with Crippen LogP contribution in [0.2, 0.25) is 0 Å². The van der Waals surface area contributed by atoms with Gasteiger partial charge in [-0.25, -0.2) is 0 Å². The van der Waals surface area contributed by atoms with Gasteiger partial charge in [0.2, 0.25) is 0 Å². The summed E-state index contributed by atoms with van der Waals surface area (Å²) >= 11 is 5.24. The summed E-state index contributed by atoms with van der Waals surface area (Å²) in [5.74, 6) is 0.710.